The molecule has 11 heavy (non-hydrogen) atoms. The number of methoxy groups -OCH3 is 1. The lowest BCUT2D eigenvalue weighted by molar-refractivity contribution is 0.0696. The molecule has 0 saturated heterocycles. The molecule has 0 radical (unpaired) electrons. The maximum atomic E-state index is 10.3. The Bertz CT molecular complexity index is 257. The lowest BCUT2D eigenvalue weighted by Gasteiger charge is -1.95. The summed E-state index contributed by atoms with van der Waals surface area (Å²) in [6.07, 6.45) is 2.38. The van der Waals surface area contributed by atoms with Gasteiger partial charge in [0.25, 0.3) is 0 Å². The SMILES string of the molecule is COc1ncc(C(=O)O)cn1. The molecule has 0 bridgehead atoms. The molecule has 0 unspecified atom stereocenters. The van der Waals surface area contributed by atoms with Crippen LogP contribution < -0.4 is 4.74 Å². The summed E-state index contributed by atoms with van der Waals surface area (Å²) in [4.78, 5) is 17.5. The van der Waals surface area contributed by atoms with E-state index < -0.39 is 5.97 Å². The van der Waals surface area contributed by atoms with Crippen molar-refractivity contribution in [1.29, 1.82) is 0 Å². The first kappa shape index (κ1) is 7.46. The Kier molecular flexibility index (Phi) is 2.00. The number of hydrogen-bond donors (Lipinski definition) is 1. The molecule has 5 nitrogen and oxygen atoms in total. The number of hydrogen-bond acceptors (Lipinski definition) is 4. The van der Waals surface area contributed by atoms with Gasteiger partial charge >= 0.3 is 12.0 Å². The Labute approximate surface area is 62.7 Å². The molecule has 1 aromatic rings. The highest BCUT2D eigenvalue weighted by Crippen LogP contribution is 2.00. The van der Waals surface area contributed by atoms with E-state index in [1.807, 2.05) is 0 Å². The highest BCUT2D eigenvalue weighted by atomic mass is 16.5. The molecule has 1 N–H and O–H groups in total. The fraction of sp³-hybridized carbons (Fsp3) is 0.167. The second kappa shape index (κ2) is 2.96. The molecule has 1 rings (SSSR count). The summed E-state index contributed by atoms with van der Waals surface area (Å²) in [7, 11) is 1.41. The molecule has 1 aromatic heterocycles. The van der Waals surface area contributed by atoms with Crippen molar-refractivity contribution >= 4 is 5.97 Å². The number of nitrogens with zero attached hydrogens (tertiary/aromatic N) is 2. The minimum absolute atomic E-state index is 0.0470. The fourth-order valence-electron chi connectivity index (χ4n) is 0.532. The third kappa shape index (κ3) is 1.64. The third-order valence-corrected chi connectivity index (χ3v) is 1.06. The zero-order valence-electron chi connectivity index (χ0n) is 5.81. The van der Waals surface area contributed by atoms with Crippen LogP contribution in [0.25, 0.3) is 0 Å². The minimum atomic E-state index is -1.05. The first-order valence-electron chi connectivity index (χ1n) is 2.83. The fourth-order valence-corrected chi connectivity index (χ4v) is 0.532. The van der Waals surface area contributed by atoms with Crippen LogP contribution in [-0.4, -0.2) is 28.2 Å². The predicted molar refractivity (Wildman–Crippen MR) is 35.5 cm³/mol. The van der Waals surface area contributed by atoms with Gasteiger partial charge in [-0.3, -0.25) is 0 Å². The molecular weight excluding hydrogens is 148 g/mol. The predicted octanol–water partition coefficient (Wildman–Crippen LogP) is 0.183. The molecule has 0 saturated carbocycles. The average Bonchev–Trinajstić information content (AvgIpc) is 2.05. The van der Waals surface area contributed by atoms with E-state index in [2.05, 4.69) is 14.7 Å². The first-order valence-corrected chi connectivity index (χ1v) is 2.83. The lowest BCUT2D eigenvalue weighted by Crippen LogP contribution is -1.99. The van der Waals surface area contributed by atoms with Gasteiger partial charge in [-0.15, -0.1) is 0 Å². The number of rotatable bonds is 2. The van der Waals surface area contributed by atoms with Gasteiger partial charge < -0.3 is 9.84 Å². The van der Waals surface area contributed by atoms with Crippen molar-refractivity contribution in [2.75, 3.05) is 7.11 Å². The van der Waals surface area contributed by atoms with Gasteiger partial charge in [0.1, 0.15) is 0 Å². The maximum absolute atomic E-state index is 10.3. The van der Waals surface area contributed by atoms with Crippen molar-refractivity contribution in [2.45, 2.75) is 0 Å². The smallest absolute Gasteiger partial charge is 0.338 e. The summed E-state index contributed by atoms with van der Waals surface area (Å²) in [6, 6.07) is 0.162. The summed E-state index contributed by atoms with van der Waals surface area (Å²) >= 11 is 0. The molecular formula is C6H6N2O3. The minimum Gasteiger partial charge on any atom is -0.478 e. The van der Waals surface area contributed by atoms with Crippen LogP contribution in [0.4, 0.5) is 0 Å². The molecule has 0 spiro atoms. The van der Waals surface area contributed by atoms with Crippen molar-refractivity contribution in [3.8, 4) is 6.01 Å². The van der Waals surface area contributed by atoms with Crippen LogP contribution in [0.2, 0.25) is 0 Å². The van der Waals surface area contributed by atoms with Gasteiger partial charge in [0.15, 0.2) is 0 Å². The Balaban J connectivity index is 2.91. The zero-order chi connectivity index (χ0) is 8.27. The lowest BCUT2D eigenvalue weighted by atomic mass is 10.4. The summed E-state index contributed by atoms with van der Waals surface area (Å²) in [6.45, 7) is 0. The van der Waals surface area contributed by atoms with Crippen LogP contribution in [0.1, 0.15) is 10.4 Å². The Morgan fingerprint density at radius 3 is 2.45 bits per heavy atom. The topological polar surface area (TPSA) is 72.3 Å². The van der Waals surface area contributed by atoms with E-state index in [0.717, 1.165) is 0 Å². The van der Waals surface area contributed by atoms with Crippen LogP contribution >= 0.6 is 0 Å². The number of carboxylic acid groups (broad SMARTS) is 1. The van der Waals surface area contributed by atoms with E-state index in [-0.39, 0.29) is 11.6 Å². The summed E-state index contributed by atoms with van der Waals surface area (Å²) < 4.78 is 4.63. The molecule has 0 aliphatic heterocycles. The van der Waals surface area contributed by atoms with Crippen LogP contribution in [-0.2, 0) is 0 Å². The number of aromatic nitrogens is 2. The van der Waals surface area contributed by atoms with Crippen molar-refractivity contribution in [3.63, 3.8) is 0 Å². The molecule has 0 aromatic carbocycles. The standard InChI is InChI=1S/C6H6N2O3/c1-11-6-7-2-4(3-8-6)5(9)10/h2-3H,1H3,(H,9,10). The van der Waals surface area contributed by atoms with E-state index >= 15 is 0 Å². The maximum Gasteiger partial charge on any atom is 0.338 e. The Morgan fingerprint density at radius 2 is 2.09 bits per heavy atom. The van der Waals surface area contributed by atoms with E-state index in [9.17, 15) is 4.79 Å². The third-order valence-electron chi connectivity index (χ3n) is 1.06. The molecule has 5 heteroatoms. The van der Waals surface area contributed by atoms with Gasteiger partial charge in [-0.2, -0.15) is 0 Å². The van der Waals surface area contributed by atoms with E-state index in [4.69, 9.17) is 5.11 Å². The number of carbonyl (C=O) groups is 1. The molecule has 58 valence electrons. The zero-order valence-corrected chi connectivity index (χ0v) is 5.81. The monoisotopic (exact) mass is 154 g/mol. The highest BCUT2D eigenvalue weighted by Gasteiger charge is 2.02. The van der Waals surface area contributed by atoms with Gasteiger partial charge in [-0.25, -0.2) is 14.8 Å². The van der Waals surface area contributed by atoms with Crippen molar-refractivity contribution < 1.29 is 14.6 Å². The average molecular weight is 154 g/mol. The van der Waals surface area contributed by atoms with Crippen LogP contribution in [0.3, 0.4) is 0 Å². The van der Waals surface area contributed by atoms with E-state index in [1.165, 1.54) is 19.5 Å². The summed E-state index contributed by atoms with van der Waals surface area (Å²) in [5.41, 5.74) is 0.0470. The van der Waals surface area contributed by atoms with E-state index in [0.29, 0.717) is 0 Å². The van der Waals surface area contributed by atoms with Gasteiger partial charge in [0.05, 0.1) is 12.7 Å². The normalized spacial score (nSPS) is 9.18. The Morgan fingerprint density at radius 1 is 1.55 bits per heavy atom. The van der Waals surface area contributed by atoms with E-state index in [1.54, 1.807) is 0 Å². The van der Waals surface area contributed by atoms with Crippen molar-refractivity contribution in [2.24, 2.45) is 0 Å². The van der Waals surface area contributed by atoms with Gasteiger partial charge in [-0.05, 0) is 0 Å². The highest BCUT2D eigenvalue weighted by molar-refractivity contribution is 5.86. The second-order valence-electron chi connectivity index (χ2n) is 1.76. The molecule has 0 fully saturated rings. The molecule has 0 amide bonds. The van der Waals surface area contributed by atoms with Gasteiger partial charge in [0, 0.05) is 12.4 Å². The Hall–Kier alpha value is -1.65. The van der Waals surface area contributed by atoms with Crippen LogP contribution in [0, 0.1) is 0 Å². The van der Waals surface area contributed by atoms with Crippen molar-refractivity contribution in [3.05, 3.63) is 18.0 Å². The first-order chi connectivity index (χ1) is 5.24. The second-order valence-corrected chi connectivity index (χ2v) is 1.76. The molecule has 0 aliphatic rings. The largest absolute Gasteiger partial charge is 0.478 e. The summed E-state index contributed by atoms with van der Waals surface area (Å²) in [5.74, 6) is -1.05. The number of ether oxygens (including phenoxy) is 1. The van der Waals surface area contributed by atoms with Crippen LogP contribution in [0.15, 0.2) is 12.4 Å². The summed E-state index contributed by atoms with van der Waals surface area (Å²) in [5, 5.41) is 8.43. The molecule has 1 heterocycles. The van der Waals surface area contributed by atoms with Gasteiger partial charge in [-0.1, -0.05) is 0 Å². The molecule has 0 atom stereocenters. The number of aromatic carboxylic acids is 1. The quantitative estimate of drug-likeness (QED) is 0.657. The van der Waals surface area contributed by atoms with Crippen molar-refractivity contribution in [1.82, 2.24) is 9.97 Å². The van der Waals surface area contributed by atoms with Gasteiger partial charge in [0.2, 0.25) is 0 Å². The molecule has 0 aliphatic carbocycles. The van der Waals surface area contributed by atoms with Crippen LogP contribution in [0.5, 0.6) is 6.01 Å². The number of carboxylic acids is 1.